The van der Waals surface area contributed by atoms with E-state index in [-0.39, 0.29) is 22.6 Å². The van der Waals surface area contributed by atoms with Gasteiger partial charge in [0.25, 0.3) is 0 Å². The molecule has 42 heavy (non-hydrogen) atoms. The quantitative estimate of drug-likeness (QED) is 0.0960. The van der Waals surface area contributed by atoms with Gasteiger partial charge < -0.3 is 40.1 Å². The van der Waals surface area contributed by atoms with Gasteiger partial charge in [0.2, 0.25) is 34.6 Å². The number of methoxy groups -OCH3 is 2. The number of aromatic hydroxyl groups is 6. The van der Waals surface area contributed by atoms with Crippen LogP contribution >= 0.6 is 0 Å². The number of ketones is 4. The molecule has 0 saturated heterocycles. The Morgan fingerprint density at radius 3 is 1.17 bits per heavy atom. The maximum Gasteiger partial charge on any atom is 0.237 e. The lowest BCUT2D eigenvalue weighted by Crippen LogP contribution is -2.15. The number of carbonyl (C=O) groups is 4. The molecule has 12 heteroatoms. The van der Waals surface area contributed by atoms with Crippen molar-refractivity contribution in [3.05, 3.63) is 82.9 Å². The number of benzene rings is 4. The number of rotatable bonds is 9. The van der Waals surface area contributed by atoms with E-state index in [1.165, 1.54) is 62.8 Å². The van der Waals surface area contributed by atoms with E-state index in [9.17, 15) is 49.8 Å². The molecule has 12 nitrogen and oxygen atoms in total. The molecule has 4 aromatic carbocycles. The van der Waals surface area contributed by atoms with E-state index in [4.69, 9.17) is 9.47 Å². The van der Waals surface area contributed by atoms with Crippen molar-refractivity contribution in [2.45, 2.75) is 0 Å². The molecule has 0 aliphatic rings. The molecule has 4 aromatic rings. The van der Waals surface area contributed by atoms with Gasteiger partial charge in [0.1, 0.15) is 11.5 Å². The molecule has 0 saturated carbocycles. The van der Waals surface area contributed by atoms with E-state index in [1.54, 1.807) is 0 Å². The Morgan fingerprint density at radius 2 is 0.833 bits per heavy atom. The van der Waals surface area contributed by atoms with Gasteiger partial charge in [0.05, 0.1) is 25.3 Å². The Bertz CT molecular complexity index is 1660. The van der Waals surface area contributed by atoms with Gasteiger partial charge in [-0.25, -0.2) is 0 Å². The highest BCUT2D eigenvalue weighted by atomic mass is 16.5. The summed E-state index contributed by atoms with van der Waals surface area (Å²) in [6.45, 7) is 0. The van der Waals surface area contributed by atoms with Gasteiger partial charge >= 0.3 is 0 Å². The molecule has 214 valence electrons. The van der Waals surface area contributed by atoms with E-state index in [0.29, 0.717) is 12.1 Å². The minimum absolute atomic E-state index is 0.137. The van der Waals surface area contributed by atoms with Gasteiger partial charge in [-0.3, -0.25) is 19.2 Å². The summed E-state index contributed by atoms with van der Waals surface area (Å²) in [7, 11) is 2.68. The molecule has 0 aliphatic heterocycles. The second-order valence-corrected chi connectivity index (χ2v) is 8.82. The van der Waals surface area contributed by atoms with Gasteiger partial charge in [-0.1, -0.05) is 24.3 Å². The minimum Gasteiger partial charge on any atom is -0.504 e. The smallest absolute Gasteiger partial charge is 0.237 e. The van der Waals surface area contributed by atoms with Gasteiger partial charge in [-0.15, -0.1) is 0 Å². The lowest BCUT2D eigenvalue weighted by atomic mass is 9.92. The molecule has 0 spiro atoms. The van der Waals surface area contributed by atoms with Crippen molar-refractivity contribution in [3.8, 4) is 57.1 Å². The topological polar surface area (TPSA) is 208 Å². The number of Topliss-reactive ketones (excluding diaryl/α,β-unsaturated/α-hetero) is 4. The first-order valence-electron chi connectivity index (χ1n) is 11.9. The van der Waals surface area contributed by atoms with Gasteiger partial charge in [0.15, 0.2) is 23.0 Å². The summed E-state index contributed by atoms with van der Waals surface area (Å²) in [5.41, 5.74) is -3.21. The standard InChI is InChI=1S/C30H22O12/c1-41-15-7-3-5-13(9-15)21(31)25(35)19-11-17(23(33)29(39)27(19)37)18-12-20(28(38)30(40)24(18)34)26(36)22(32)14-6-4-8-16(10-14)42-2/h3-12,33-34,37-40H,1-2H3. The molecular formula is C30H22O12. The zero-order valence-electron chi connectivity index (χ0n) is 21.9. The number of hydrogen-bond acceptors (Lipinski definition) is 12. The van der Waals surface area contributed by atoms with Crippen LogP contribution in [0.15, 0.2) is 60.7 Å². The zero-order valence-corrected chi connectivity index (χ0v) is 21.9. The number of phenols is 6. The molecule has 4 rings (SSSR count). The summed E-state index contributed by atoms with van der Waals surface area (Å²) < 4.78 is 10.1. The lowest BCUT2D eigenvalue weighted by molar-refractivity contribution is 0.0814. The predicted molar refractivity (Wildman–Crippen MR) is 145 cm³/mol. The largest absolute Gasteiger partial charge is 0.504 e. The van der Waals surface area contributed by atoms with Crippen LogP contribution in [0.4, 0.5) is 0 Å². The van der Waals surface area contributed by atoms with Crippen molar-refractivity contribution in [1.29, 1.82) is 0 Å². The molecule has 0 aromatic heterocycles. The first kappa shape index (κ1) is 29.0. The third-order valence-corrected chi connectivity index (χ3v) is 6.35. The fourth-order valence-electron chi connectivity index (χ4n) is 4.09. The van der Waals surface area contributed by atoms with Crippen LogP contribution in [0.3, 0.4) is 0 Å². The van der Waals surface area contributed by atoms with Crippen molar-refractivity contribution in [1.82, 2.24) is 0 Å². The normalized spacial score (nSPS) is 10.6. The minimum atomic E-state index is -1.34. The van der Waals surface area contributed by atoms with E-state index in [1.807, 2.05) is 0 Å². The first-order valence-corrected chi connectivity index (χ1v) is 11.9. The molecule has 6 N–H and O–H groups in total. The fraction of sp³-hybridized carbons (Fsp3) is 0.0667. The number of phenolic OH excluding ortho intramolecular Hbond substituents is 6. The van der Waals surface area contributed by atoms with Crippen LogP contribution in [0.25, 0.3) is 11.1 Å². The zero-order chi connectivity index (χ0) is 30.9. The summed E-state index contributed by atoms with van der Waals surface area (Å²) in [5.74, 6) is -11.6. The maximum atomic E-state index is 13.1. The van der Waals surface area contributed by atoms with Crippen LogP contribution in [-0.4, -0.2) is 68.0 Å². The Balaban J connectivity index is 1.85. The molecule has 0 bridgehead atoms. The van der Waals surface area contributed by atoms with Crippen molar-refractivity contribution in [2.75, 3.05) is 14.2 Å². The third kappa shape index (κ3) is 4.99. The van der Waals surface area contributed by atoms with Crippen LogP contribution in [0.2, 0.25) is 0 Å². The average molecular weight is 574 g/mol. The molecule has 0 fully saturated rings. The lowest BCUT2D eigenvalue weighted by Gasteiger charge is -2.15. The highest BCUT2D eigenvalue weighted by Gasteiger charge is 2.31. The summed E-state index contributed by atoms with van der Waals surface area (Å²) >= 11 is 0. The Labute approximate surface area is 236 Å². The Hall–Kier alpha value is -6.04. The van der Waals surface area contributed by atoms with E-state index in [2.05, 4.69) is 0 Å². The average Bonchev–Trinajstić information content (AvgIpc) is 3.01. The Morgan fingerprint density at radius 1 is 0.476 bits per heavy atom. The maximum absolute atomic E-state index is 13.1. The third-order valence-electron chi connectivity index (χ3n) is 6.35. The van der Waals surface area contributed by atoms with Crippen molar-refractivity contribution in [3.63, 3.8) is 0 Å². The van der Waals surface area contributed by atoms with Crippen LogP contribution in [0, 0.1) is 0 Å². The van der Waals surface area contributed by atoms with E-state index in [0.717, 1.165) is 0 Å². The molecule has 0 aliphatic carbocycles. The highest BCUT2D eigenvalue weighted by Crippen LogP contribution is 2.51. The van der Waals surface area contributed by atoms with Gasteiger partial charge in [-0.2, -0.15) is 0 Å². The Kier molecular flexibility index (Phi) is 7.73. The highest BCUT2D eigenvalue weighted by molar-refractivity contribution is 6.50. The first-order chi connectivity index (χ1) is 19.9. The van der Waals surface area contributed by atoms with Gasteiger partial charge in [-0.05, 0) is 36.4 Å². The number of hydrogen-bond donors (Lipinski definition) is 6. The predicted octanol–water partition coefficient (Wildman–Crippen LogP) is 3.74. The fourth-order valence-corrected chi connectivity index (χ4v) is 4.09. The summed E-state index contributed by atoms with van der Waals surface area (Å²) in [6, 6.07) is 12.4. The summed E-state index contributed by atoms with van der Waals surface area (Å²) in [6.07, 6.45) is 0. The molecule has 0 atom stereocenters. The summed E-state index contributed by atoms with van der Waals surface area (Å²) in [4.78, 5) is 52.0. The SMILES string of the molecule is COc1cccc(C(=O)C(=O)c2cc(-c3cc(C(=O)C(=O)c4cccc(OC)c4)c(O)c(O)c3O)c(O)c(O)c2O)c1. The van der Waals surface area contributed by atoms with E-state index >= 15 is 0 Å². The molecular weight excluding hydrogens is 552 g/mol. The van der Waals surface area contributed by atoms with Crippen LogP contribution in [-0.2, 0) is 0 Å². The molecule has 0 heterocycles. The van der Waals surface area contributed by atoms with Crippen LogP contribution in [0.1, 0.15) is 41.4 Å². The van der Waals surface area contributed by atoms with Crippen molar-refractivity contribution < 1.29 is 59.3 Å². The van der Waals surface area contributed by atoms with Gasteiger partial charge in [0, 0.05) is 22.3 Å². The van der Waals surface area contributed by atoms with Crippen molar-refractivity contribution >= 4 is 23.1 Å². The molecule has 0 radical (unpaired) electrons. The van der Waals surface area contributed by atoms with E-state index < -0.39 is 79.9 Å². The molecule has 0 amide bonds. The number of ether oxygens (including phenoxy) is 2. The number of carbonyl (C=O) groups excluding carboxylic acids is 4. The second-order valence-electron chi connectivity index (χ2n) is 8.82. The van der Waals surface area contributed by atoms with Crippen LogP contribution < -0.4 is 9.47 Å². The molecule has 0 unspecified atom stereocenters. The monoisotopic (exact) mass is 574 g/mol. The summed E-state index contributed by atoms with van der Waals surface area (Å²) in [5, 5.41) is 62.7. The second kappa shape index (κ2) is 11.2. The van der Waals surface area contributed by atoms with Crippen molar-refractivity contribution in [2.24, 2.45) is 0 Å². The van der Waals surface area contributed by atoms with Crippen LogP contribution in [0.5, 0.6) is 46.0 Å².